The minimum atomic E-state index is -0.387. The molecule has 76 valence electrons. The molecule has 0 bridgehead atoms. The van der Waals surface area contributed by atoms with Crippen LogP contribution >= 0.6 is 0 Å². The predicted molar refractivity (Wildman–Crippen MR) is 55.2 cm³/mol. The largest absolute Gasteiger partial charge is 0.387 e. The molecular weight excluding hydrogens is 194 g/mol. The van der Waals surface area contributed by atoms with E-state index in [-0.39, 0.29) is 11.8 Å². The summed E-state index contributed by atoms with van der Waals surface area (Å²) in [5, 5.41) is 2.21. The van der Waals surface area contributed by atoms with Gasteiger partial charge in [0.2, 0.25) is 0 Å². The SMILES string of the molecule is CC(N)=Nc1ccc2c(c1)C(=O)NC2=O. The van der Waals surface area contributed by atoms with E-state index in [1.165, 1.54) is 0 Å². The number of hydrogen-bond acceptors (Lipinski definition) is 3. The summed E-state index contributed by atoms with van der Waals surface area (Å²) in [7, 11) is 0. The van der Waals surface area contributed by atoms with Crippen molar-refractivity contribution in [3.63, 3.8) is 0 Å². The van der Waals surface area contributed by atoms with Crippen molar-refractivity contribution in [2.45, 2.75) is 6.92 Å². The summed E-state index contributed by atoms with van der Waals surface area (Å²) in [6.07, 6.45) is 0. The number of rotatable bonds is 1. The molecule has 0 saturated carbocycles. The van der Waals surface area contributed by atoms with Crippen LogP contribution in [0.5, 0.6) is 0 Å². The van der Waals surface area contributed by atoms with Gasteiger partial charge in [-0.2, -0.15) is 0 Å². The van der Waals surface area contributed by atoms with Crippen LogP contribution in [0.2, 0.25) is 0 Å². The van der Waals surface area contributed by atoms with Gasteiger partial charge in [-0.05, 0) is 25.1 Å². The van der Waals surface area contributed by atoms with Crippen LogP contribution in [-0.2, 0) is 0 Å². The Balaban J connectivity index is 2.52. The quantitative estimate of drug-likeness (QED) is 0.397. The Kier molecular flexibility index (Phi) is 2.00. The number of carbonyl (C=O) groups excluding carboxylic acids is 2. The number of amidine groups is 1. The lowest BCUT2D eigenvalue weighted by molar-refractivity contribution is 0.0879. The van der Waals surface area contributed by atoms with Gasteiger partial charge in [-0.1, -0.05) is 0 Å². The molecule has 5 heteroatoms. The number of nitrogens with zero attached hydrogens (tertiary/aromatic N) is 1. The van der Waals surface area contributed by atoms with E-state index in [4.69, 9.17) is 5.73 Å². The van der Waals surface area contributed by atoms with Gasteiger partial charge in [0.25, 0.3) is 11.8 Å². The highest BCUT2D eigenvalue weighted by Crippen LogP contribution is 2.21. The molecule has 1 heterocycles. The Bertz CT molecular complexity index is 487. The summed E-state index contributed by atoms with van der Waals surface area (Å²) >= 11 is 0. The highest BCUT2D eigenvalue weighted by molar-refractivity contribution is 6.21. The average molecular weight is 203 g/mol. The van der Waals surface area contributed by atoms with Gasteiger partial charge in [0, 0.05) is 0 Å². The molecule has 0 aromatic heterocycles. The van der Waals surface area contributed by atoms with Crippen molar-refractivity contribution in [1.29, 1.82) is 0 Å². The molecule has 1 aromatic rings. The van der Waals surface area contributed by atoms with Gasteiger partial charge in [0.1, 0.15) is 0 Å². The normalized spacial score (nSPS) is 15.1. The van der Waals surface area contributed by atoms with E-state index in [1.807, 2.05) is 0 Å². The lowest BCUT2D eigenvalue weighted by atomic mass is 10.1. The Labute approximate surface area is 86.0 Å². The molecule has 3 N–H and O–H groups in total. The van der Waals surface area contributed by atoms with Crippen LogP contribution in [0, 0.1) is 0 Å². The Hall–Kier alpha value is -2.17. The lowest BCUT2D eigenvalue weighted by Crippen LogP contribution is -2.19. The standard InChI is InChI=1S/C10H9N3O2/c1-5(11)12-6-2-3-7-8(4-6)10(15)13-9(7)14/h2-4H,1H3,(H2,11,12)(H,13,14,15). The minimum absolute atomic E-state index is 0.350. The second kappa shape index (κ2) is 3.20. The summed E-state index contributed by atoms with van der Waals surface area (Å²) < 4.78 is 0. The zero-order valence-corrected chi connectivity index (χ0v) is 8.07. The first-order chi connectivity index (χ1) is 7.08. The fourth-order valence-electron chi connectivity index (χ4n) is 1.43. The van der Waals surface area contributed by atoms with Crippen molar-refractivity contribution in [2.24, 2.45) is 10.7 Å². The number of fused-ring (bicyclic) bond motifs is 1. The summed E-state index contributed by atoms with van der Waals surface area (Å²) in [5.41, 5.74) is 6.71. The molecule has 15 heavy (non-hydrogen) atoms. The molecule has 0 spiro atoms. The van der Waals surface area contributed by atoms with Crippen LogP contribution in [-0.4, -0.2) is 17.6 Å². The molecule has 2 amide bonds. The van der Waals surface area contributed by atoms with Gasteiger partial charge >= 0.3 is 0 Å². The predicted octanol–water partition coefficient (Wildman–Crippen LogP) is 0.579. The molecule has 0 atom stereocenters. The lowest BCUT2D eigenvalue weighted by Gasteiger charge is -1.97. The van der Waals surface area contributed by atoms with Gasteiger partial charge in [-0.25, -0.2) is 4.99 Å². The van der Waals surface area contributed by atoms with E-state index in [0.717, 1.165) is 0 Å². The van der Waals surface area contributed by atoms with E-state index < -0.39 is 0 Å². The number of nitrogens with one attached hydrogen (secondary N) is 1. The third kappa shape index (κ3) is 1.59. The van der Waals surface area contributed by atoms with Crippen LogP contribution in [0.25, 0.3) is 0 Å². The average Bonchev–Trinajstić information content (AvgIpc) is 2.41. The monoisotopic (exact) mass is 203 g/mol. The van der Waals surface area contributed by atoms with Crippen molar-refractivity contribution in [3.05, 3.63) is 29.3 Å². The molecule has 0 saturated heterocycles. The van der Waals surface area contributed by atoms with E-state index >= 15 is 0 Å². The second-order valence-electron chi connectivity index (χ2n) is 3.27. The number of nitrogens with two attached hydrogens (primary N) is 1. The maximum absolute atomic E-state index is 11.3. The molecule has 0 unspecified atom stereocenters. The van der Waals surface area contributed by atoms with E-state index in [9.17, 15) is 9.59 Å². The first-order valence-corrected chi connectivity index (χ1v) is 4.38. The summed E-state index contributed by atoms with van der Waals surface area (Å²) in [6, 6.07) is 4.76. The number of amides is 2. The zero-order valence-electron chi connectivity index (χ0n) is 8.07. The summed E-state index contributed by atoms with van der Waals surface area (Å²) in [5.74, 6) is -0.351. The first-order valence-electron chi connectivity index (χ1n) is 4.38. The van der Waals surface area contributed by atoms with E-state index in [2.05, 4.69) is 10.3 Å². The minimum Gasteiger partial charge on any atom is -0.387 e. The van der Waals surface area contributed by atoms with Gasteiger partial charge in [-0.15, -0.1) is 0 Å². The van der Waals surface area contributed by atoms with Crippen LogP contribution < -0.4 is 11.1 Å². The molecule has 5 nitrogen and oxygen atoms in total. The van der Waals surface area contributed by atoms with Crippen LogP contribution in [0.4, 0.5) is 5.69 Å². The van der Waals surface area contributed by atoms with E-state index in [0.29, 0.717) is 22.6 Å². The number of benzene rings is 1. The summed E-state index contributed by atoms with van der Waals surface area (Å²) in [6.45, 7) is 1.65. The van der Waals surface area contributed by atoms with Crippen molar-refractivity contribution in [3.8, 4) is 0 Å². The smallest absolute Gasteiger partial charge is 0.259 e. The van der Waals surface area contributed by atoms with Crippen LogP contribution in [0.1, 0.15) is 27.6 Å². The van der Waals surface area contributed by atoms with Crippen molar-refractivity contribution >= 4 is 23.3 Å². The molecule has 2 rings (SSSR count). The molecular formula is C10H9N3O2. The Morgan fingerprint density at radius 2 is 1.93 bits per heavy atom. The van der Waals surface area contributed by atoms with Gasteiger partial charge in [0.15, 0.2) is 0 Å². The molecule has 0 fully saturated rings. The maximum atomic E-state index is 11.3. The fourth-order valence-corrected chi connectivity index (χ4v) is 1.43. The van der Waals surface area contributed by atoms with E-state index in [1.54, 1.807) is 25.1 Å². The Morgan fingerprint density at radius 3 is 2.60 bits per heavy atom. The van der Waals surface area contributed by atoms with Crippen LogP contribution in [0.3, 0.4) is 0 Å². The number of carbonyl (C=O) groups is 2. The van der Waals surface area contributed by atoms with Crippen molar-refractivity contribution in [2.75, 3.05) is 0 Å². The molecule has 0 aliphatic carbocycles. The highest BCUT2D eigenvalue weighted by atomic mass is 16.2. The third-order valence-electron chi connectivity index (χ3n) is 2.02. The number of imide groups is 1. The zero-order chi connectivity index (χ0) is 11.0. The third-order valence-corrected chi connectivity index (χ3v) is 2.02. The molecule has 1 aliphatic heterocycles. The Morgan fingerprint density at radius 1 is 1.27 bits per heavy atom. The molecule has 0 radical (unpaired) electrons. The maximum Gasteiger partial charge on any atom is 0.259 e. The number of aliphatic imine (C=N–C) groups is 1. The second-order valence-corrected chi connectivity index (χ2v) is 3.27. The van der Waals surface area contributed by atoms with Gasteiger partial charge in [0.05, 0.1) is 22.6 Å². The fraction of sp³-hybridized carbons (Fsp3) is 0.100. The van der Waals surface area contributed by atoms with Gasteiger partial charge < -0.3 is 5.73 Å². The van der Waals surface area contributed by atoms with Crippen LogP contribution in [0.15, 0.2) is 23.2 Å². The highest BCUT2D eigenvalue weighted by Gasteiger charge is 2.26. The van der Waals surface area contributed by atoms with Gasteiger partial charge in [-0.3, -0.25) is 14.9 Å². The molecule has 1 aliphatic rings. The van der Waals surface area contributed by atoms with Crippen molar-refractivity contribution in [1.82, 2.24) is 5.32 Å². The first kappa shape index (κ1) is 9.39. The van der Waals surface area contributed by atoms with Crippen molar-refractivity contribution < 1.29 is 9.59 Å². The summed E-state index contributed by atoms with van der Waals surface area (Å²) in [4.78, 5) is 26.5. The molecule has 1 aromatic carbocycles. The number of hydrogen-bond donors (Lipinski definition) is 2. The topological polar surface area (TPSA) is 84.5 Å².